The number of nitrogens with zero attached hydrogens (tertiary/aromatic N) is 2. The van der Waals surface area contributed by atoms with Crippen molar-refractivity contribution in [3.8, 4) is 0 Å². The van der Waals surface area contributed by atoms with E-state index in [4.69, 9.17) is 15.2 Å². The van der Waals surface area contributed by atoms with Crippen LogP contribution in [0.15, 0.2) is 29.3 Å². The molecule has 0 aromatic heterocycles. The number of rotatable bonds is 6. The van der Waals surface area contributed by atoms with Crippen LogP contribution in [0.4, 0.5) is 4.79 Å². The Morgan fingerprint density at radius 2 is 1.82 bits per heavy atom. The smallest absolute Gasteiger partial charge is 0.412 e. The molecule has 1 fully saturated rings. The van der Waals surface area contributed by atoms with Crippen molar-refractivity contribution in [1.82, 2.24) is 15.5 Å². The Morgan fingerprint density at radius 1 is 1.21 bits per heavy atom. The van der Waals surface area contributed by atoms with Crippen LogP contribution in [0.5, 0.6) is 0 Å². The molecule has 2 unspecified atom stereocenters. The van der Waals surface area contributed by atoms with Crippen LogP contribution in [0.2, 0.25) is 0 Å². The van der Waals surface area contributed by atoms with Crippen LogP contribution in [-0.4, -0.2) is 59.4 Å². The average Bonchev–Trinajstić information content (AvgIpc) is 2.90. The molecule has 0 spiro atoms. The molecule has 1 heterocycles. The molecule has 2 atom stereocenters. The normalized spacial score (nSPS) is 20.1. The summed E-state index contributed by atoms with van der Waals surface area (Å²) in [5.74, 6) is 0.160. The fourth-order valence-corrected chi connectivity index (χ4v) is 3.61. The lowest BCUT2D eigenvalue weighted by Gasteiger charge is -2.35. The largest absolute Gasteiger partial charge is 0.444 e. The fourth-order valence-electron chi connectivity index (χ4n) is 3.61. The number of carbonyl (C=O) groups is 2. The number of nitrogens with one attached hydrogen (secondary N) is 2. The Balaban J connectivity index is 0.00000544. The van der Waals surface area contributed by atoms with Crippen LogP contribution < -0.4 is 16.4 Å². The Bertz CT molecular complexity index is 836. The number of aliphatic imine (C=N–C) groups is 1. The number of primary amides is 1. The first kappa shape index (κ1) is 29.0. The second-order valence-corrected chi connectivity index (χ2v) is 9.32. The topological polar surface area (TPSA) is 118 Å². The van der Waals surface area contributed by atoms with Gasteiger partial charge in [0, 0.05) is 18.7 Å². The van der Waals surface area contributed by atoms with E-state index in [9.17, 15) is 9.59 Å². The Labute approximate surface area is 213 Å². The minimum atomic E-state index is -0.786. The highest BCUT2D eigenvalue weighted by Gasteiger charge is 2.49. The molecule has 9 nitrogen and oxygen atoms in total. The maximum Gasteiger partial charge on any atom is 0.412 e. The van der Waals surface area contributed by atoms with Crippen molar-refractivity contribution in [2.24, 2.45) is 10.7 Å². The summed E-state index contributed by atoms with van der Waals surface area (Å²) in [5.41, 5.74) is 5.31. The maximum atomic E-state index is 12.9. The van der Waals surface area contributed by atoms with E-state index in [-0.39, 0.29) is 36.1 Å². The Hall–Kier alpha value is -2.08. The minimum Gasteiger partial charge on any atom is -0.444 e. The highest BCUT2D eigenvalue weighted by molar-refractivity contribution is 14.0. The molecule has 10 heteroatoms. The first-order valence-corrected chi connectivity index (χ1v) is 10.9. The van der Waals surface area contributed by atoms with Crippen LogP contribution in [0.1, 0.15) is 64.4 Å². The number of benzene rings is 1. The standard InChI is InChI=1S/C23H37N5O4.HI/c1-8-25-20(26-13-16-9-11-17(12-10-16)19(24)29)27-14-18-15(2)31-23(6,7)28(18)21(30)32-22(3,4)5;/h9-12,15,18H,8,13-14H2,1-7H3,(H2,24,29)(H2,25,26,27);1H. The molecule has 2 amide bonds. The van der Waals surface area contributed by atoms with Crippen LogP contribution >= 0.6 is 24.0 Å². The van der Waals surface area contributed by atoms with Crippen LogP contribution in [0, 0.1) is 0 Å². The third kappa shape index (κ3) is 8.33. The molecule has 1 aliphatic rings. The summed E-state index contributed by atoms with van der Waals surface area (Å²) in [6, 6.07) is 6.79. The van der Waals surface area contributed by atoms with Gasteiger partial charge in [0.2, 0.25) is 5.91 Å². The zero-order chi connectivity index (χ0) is 24.1. The number of nitrogens with two attached hydrogens (primary N) is 1. The number of ether oxygens (including phenoxy) is 2. The minimum absolute atomic E-state index is 0. The van der Waals surface area contributed by atoms with Gasteiger partial charge in [-0.3, -0.25) is 9.69 Å². The molecule has 4 N–H and O–H groups in total. The van der Waals surface area contributed by atoms with Gasteiger partial charge in [0.25, 0.3) is 0 Å². The molecular formula is C23H38IN5O4. The summed E-state index contributed by atoms with van der Waals surface area (Å²) in [5, 5.41) is 6.53. The first-order chi connectivity index (χ1) is 14.8. The van der Waals surface area contributed by atoms with Gasteiger partial charge in [-0.05, 0) is 66.2 Å². The van der Waals surface area contributed by atoms with E-state index in [1.165, 1.54) is 0 Å². The lowest BCUT2D eigenvalue weighted by Crippen LogP contribution is -2.54. The van der Waals surface area contributed by atoms with Crippen molar-refractivity contribution in [3.05, 3.63) is 35.4 Å². The van der Waals surface area contributed by atoms with Crippen molar-refractivity contribution in [1.29, 1.82) is 0 Å². The molecular weight excluding hydrogens is 537 g/mol. The highest BCUT2D eigenvalue weighted by atomic mass is 127. The zero-order valence-corrected chi connectivity index (χ0v) is 22.9. The summed E-state index contributed by atoms with van der Waals surface area (Å²) in [7, 11) is 0. The molecule has 1 aliphatic heterocycles. The number of guanidine groups is 1. The van der Waals surface area contributed by atoms with Gasteiger partial charge in [-0.25, -0.2) is 9.79 Å². The third-order valence-electron chi connectivity index (χ3n) is 5.00. The average molecular weight is 575 g/mol. The van der Waals surface area contributed by atoms with E-state index in [0.717, 1.165) is 5.56 Å². The van der Waals surface area contributed by atoms with Crippen LogP contribution in [0.3, 0.4) is 0 Å². The summed E-state index contributed by atoms with van der Waals surface area (Å²) in [4.78, 5) is 30.4. The van der Waals surface area contributed by atoms with Gasteiger partial charge in [-0.15, -0.1) is 24.0 Å². The number of hydrogen-bond acceptors (Lipinski definition) is 5. The van der Waals surface area contributed by atoms with Gasteiger partial charge >= 0.3 is 6.09 Å². The molecule has 0 radical (unpaired) electrons. The van der Waals surface area contributed by atoms with Crippen molar-refractivity contribution >= 4 is 41.9 Å². The molecule has 1 saturated heterocycles. The van der Waals surface area contributed by atoms with Crippen LogP contribution in [0.25, 0.3) is 0 Å². The van der Waals surface area contributed by atoms with Crippen LogP contribution in [-0.2, 0) is 16.0 Å². The van der Waals surface area contributed by atoms with E-state index >= 15 is 0 Å². The van der Waals surface area contributed by atoms with Crippen molar-refractivity contribution in [3.63, 3.8) is 0 Å². The monoisotopic (exact) mass is 575 g/mol. The zero-order valence-electron chi connectivity index (χ0n) is 20.6. The number of amides is 2. The van der Waals surface area contributed by atoms with Crippen molar-refractivity contribution in [2.45, 2.75) is 78.5 Å². The molecule has 33 heavy (non-hydrogen) atoms. The van der Waals surface area contributed by atoms with E-state index < -0.39 is 23.3 Å². The second-order valence-electron chi connectivity index (χ2n) is 9.32. The lowest BCUT2D eigenvalue weighted by atomic mass is 10.1. The SMILES string of the molecule is CCNC(=NCc1ccc(C(N)=O)cc1)NCC1C(C)OC(C)(C)N1C(=O)OC(C)(C)C.I. The highest BCUT2D eigenvalue weighted by Crippen LogP contribution is 2.33. The van der Waals surface area contributed by atoms with Gasteiger partial charge in [-0.2, -0.15) is 0 Å². The molecule has 2 rings (SSSR count). The van der Waals surface area contributed by atoms with E-state index in [0.29, 0.717) is 31.2 Å². The predicted octanol–water partition coefficient (Wildman–Crippen LogP) is 3.22. The predicted molar refractivity (Wildman–Crippen MR) is 140 cm³/mol. The van der Waals surface area contributed by atoms with Gasteiger partial charge in [0.05, 0.1) is 18.7 Å². The van der Waals surface area contributed by atoms with E-state index in [1.54, 1.807) is 17.0 Å². The molecule has 1 aromatic carbocycles. The Morgan fingerprint density at radius 3 is 2.33 bits per heavy atom. The molecule has 0 bridgehead atoms. The van der Waals surface area contributed by atoms with Crippen molar-refractivity contribution < 1.29 is 19.1 Å². The maximum absolute atomic E-state index is 12.9. The van der Waals surface area contributed by atoms with Crippen molar-refractivity contribution in [2.75, 3.05) is 13.1 Å². The van der Waals surface area contributed by atoms with E-state index in [1.807, 2.05) is 60.6 Å². The number of carbonyl (C=O) groups excluding carboxylic acids is 2. The summed E-state index contributed by atoms with van der Waals surface area (Å²) in [6.45, 7) is 14.7. The molecule has 0 saturated carbocycles. The number of halogens is 1. The molecule has 186 valence electrons. The lowest BCUT2D eigenvalue weighted by molar-refractivity contribution is -0.0755. The summed E-state index contributed by atoms with van der Waals surface area (Å²) in [6.07, 6.45) is -0.593. The molecule has 0 aliphatic carbocycles. The molecule has 1 aromatic rings. The Kier molecular flexibility index (Phi) is 10.4. The summed E-state index contributed by atoms with van der Waals surface area (Å²) >= 11 is 0. The van der Waals surface area contributed by atoms with Gasteiger partial charge in [0.1, 0.15) is 11.3 Å². The van der Waals surface area contributed by atoms with Gasteiger partial charge in [-0.1, -0.05) is 12.1 Å². The van der Waals surface area contributed by atoms with Gasteiger partial charge < -0.3 is 25.8 Å². The second kappa shape index (κ2) is 11.9. The number of hydrogen-bond donors (Lipinski definition) is 3. The third-order valence-corrected chi connectivity index (χ3v) is 5.00. The summed E-state index contributed by atoms with van der Waals surface area (Å²) < 4.78 is 11.7. The first-order valence-electron chi connectivity index (χ1n) is 10.9. The van der Waals surface area contributed by atoms with E-state index in [2.05, 4.69) is 15.6 Å². The fraction of sp³-hybridized carbons (Fsp3) is 0.609. The quantitative estimate of drug-likeness (QED) is 0.273. The van der Waals surface area contributed by atoms with Gasteiger partial charge in [0.15, 0.2) is 5.96 Å².